The van der Waals surface area contributed by atoms with E-state index in [0.717, 1.165) is 41.1 Å². The lowest BCUT2D eigenvalue weighted by molar-refractivity contribution is -0.121. The second-order valence-corrected chi connectivity index (χ2v) is 8.10. The minimum atomic E-state index is 0.134. The summed E-state index contributed by atoms with van der Waals surface area (Å²) in [6.45, 7) is 3.02. The zero-order valence-electron chi connectivity index (χ0n) is 13.1. The molecule has 1 saturated heterocycles. The fourth-order valence-corrected chi connectivity index (χ4v) is 4.25. The van der Waals surface area contributed by atoms with Gasteiger partial charge in [-0.2, -0.15) is 0 Å². The van der Waals surface area contributed by atoms with Crippen molar-refractivity contribution < 1.29 is 4.79 Å². The third-order valence-corrected chi connectivity index (χ3v) is 5.82. The Kier molecular flexibility index (Phi) is 6.02. The number of piperidine rings is 1. The number of thiazole rings is 1. The van der Waals surface area contributed by atoms with Crippen LogP contribution in [0.15, 0.2) is 22.7 Å². The van der Waals surface area contributed by atoms with Gasteiger partial charge in [-0.15, -0.1) is 11.3 Å². The number of benzene rings is 1. The van der Waals surface area contributed by atoms with Crippen LogP contribution in [0.2, 0.25) is 0 Å². The van der Waals surface area contributed by atoms with Crippen LogP contribution in [0.3, 0.4) is 0 Å². The van der Waals surface area contributed by atoms with Crippen LogP contribution in [0.4, 0.5) is 0 Å². The van der Waals surface area contributed by atoms with Gasteiger partial charge in [0.15, 0.2) is 0 Å². The average molecular weight is 396 g/mol. The quantitative estimate of drug-likeness (QED) is 0.786. The number of aromatic nitrogens is 1. The Bertz CT molecular complexity index is 667. The third kappa shape index (κ3) is 4.99. The number of hydrogen-bond acceptors (Lipinski definition) is 4. The fraction of sp³-hybridized carbons (Fsp3) is 0.529. The van der Waals surface area contributed by atoms with Crippen molar-refractivity contribution in [3.8, 4) is 0 Å². The Morgan fingerprint density at radius 2 is 2.39 bits per heavy atom. The predicted molar refractivity (Wildman–Crippen MR) is 98.9 cm³/mol. The van der Waals surface area contributed by atoms with Gasteiger partial charge < -0.3 is 10.6 Å². The molecular formula is C17H22BrN3OS. The molecule has 23 heavy (non-hydrogen) atoms. The molecule has 6 heteroatoms. The number of nitrogens with zero attached hydrogens (tertiary/aromatic N) is 1. The van der Waals surface area contributed by atoms with Gasteiger partial charge in [0.1, 0.15) is 0 Å². The Balaban J connectivity index is 1.40. The minimum absolute atomic E-state index is 0.134. The maximum atomic E-state index is 12.0. The van der Waals surface area contributed by atoms with E-state index in [1.165, 1.54) is 17.5 Å². The van der Waals surface area contributed by atoms with Crippen LogP contribution < -0.4 is 10.6 Å². The molecule has 1 unspecified atom stereocenters. The van der Waals surface area contributed by atoms with Crippen LogP contribution >= 0.6 is 27.3 Å². The number of nitrogens with one attached hydrogen (secondary N) is 2. The summed E-state index contributed by atoms with van der Waals surface area (Å²) < 4.78 is 2.21. The molecule has 124 valence electrons. The molecule has 0 saturated carbocycles. The molecule has 2 N–H and O–H groups in total. The fourth-order valence-electron chi connectivity index (χ4n) is 2.95. The number of carbonyl (C=O) groups excluding carboxylic acids is 1. The lowest BCUT2D eigenvalue weighted by atomic mass is 9.96. The van der Waals surface area contributed by atoms with Crippen molar-refractivity contribution in [2.45, 2.75) is 32.1 Å². The first kappa shape index (κ1) is 16.9. The summed E-state index contributed by atoms with van der Waals surface area (Å²) >= 11 is 5.14. The molecular weight excluding hydrogens is 374 g/mol. The second-order valence-electron chi connectivity index (χ2n) is 6.07. The molecule has 0 bridgehead atoms. The van der Waals surface area contributed by atoms with Gasteiger partial charge in [0.05, 0.1) is 15.2 Å². The van der Waals surface area contributed by atoms with Crippen molar-refractivity contribution in [2.24, 2.45) is 5.92 Å². The molecule has 1 aliphatic heterocycles. The highest BCUT2D eigenvalue weighted by Gasteiger charge is 2.13. The minimum Gasteiger partial charge on any atom is -0.356 e. The number of rotatable bonds is 6. The van der Waals surface area contributed by atoms with E-state index in [1.54, 1.807) is 11.3 Å². The lowest BCUT2D eigenvalue weighted by Gasteiger charge is -2.22. The van der Waals surface area contributed by atoms with Gasteiger partial charge in [-0.05, 0) is 56.5 Å². The van der Waals surface area contributed by atoms with Gasteiger partial charge in [0, 0.05) is 23.9 Å². The molecule has 2 heterocycles. The van der Waals surface area contributed by atoms with Gasteiger partial charge in [-0.3, -0.25) is 4.79 Å². The maximum absolute atomic E-state index is 12.0. The second kappa shape index (κ2) is 8.22. The first-order chi connectivity index (χ1) is 11.2. The summed E-state index contributed by atoms with van der Waals surface area (Å²) in [5, 5.41) is 7.49. The van der Waals surface area contributed by atoms with Crippen LogP contribution in [0.25, 0.3) is 10.2 Å². The van der Waals surface area contributed by atoms with E-state index in [4.69, 9.17) is 0 Å². The number of hydrogen-bond donors (Lipinski definition) is 2. The van der Waals surface area contributed by atoms with E-state index in [1.807, 2.05) is 12.1 Å². The number of aryl methyl sites for hydroxylation is 1. The Labute approximate surface area is 149 Å². The zero-order valence-corrected chi connectivity index (χ0v) is 15.5. The van der Waals surface area contributed by atoms with E-state index in [2.05, 4.69) is 37.6 Å². The van der Waals surface area contributed by atoms with Crippen LogP contribution in [-0.2, 0) is 11.2 Å². The highest BCUT2D eigenvalue weighted by molar-refractivity contribution is 9.10. The van der Waals surface area contributed by atoms with Gasteiger partial charge in [-0.1, -0.05) is 15.9 Å². The van der Waals surface area contributed by atoms with Crippen LogP contribution in [0.1, 0.15) is 30.7 Å². The first-order valence-corrected chi connectivity index (χ1v) is 9.84. The molecule has 0 aliphatic carbocycles. The van der Waals surface area contributed by atoms with Crippen molar-refractivity contribution in [1.29, 1.82) is 0 Å². The Morgan fingerprint density at radius 1 is 1.48 bits per heavy atom. The number of carbonyl (C=O) groups is 1. The van der Waals surface area contributed by atoms with Crippen molar-refractivity contribution in [3.05, 3.63) is 27.7 Å². The van der Waals surface area contributed by atoms with Gasteiger partial charge in [0.2, 0.25) is 5.91 Å². The van der Waals surface area contributed by atoms with Crippen molar-refractivity contribution in [1.82, 2.24) is 15.6 Å². The number of amides is 1. The molecule has 1 fully saturated rings. The zero-order chi connectivity index (χ0) is 16.1. The molecule has 0 radical (unpaired) electrons. The van der Waals surface area contributed by atoms with Crippen molar-refractivity contribution >= 4 is 43.4 Å². The molecule has 0 spiro atoms. The molecule has 1 atom stereocenters. The molecule has 1 aromatic carbocycles. The first-order valence-electron chi connectivity index (χ1n) is 8.23. The Morgan fingerprint density at radius 3 is 3.22 bits per heavy atom. The summed E-state index contributed by atoms with van der Waals surface area (Å²) in [5.41, 5.74) is 1.00. The largest absolute Gasteiger partial charge is 0.356 e. The summed E-state index contributed by atoms with van der Waals surface area (Å²) in [6, 6.07) is 6.11. The topological polar surface area (TPSA) is 54.0 Å². The SMILES string of the molecule is O=C(CCc1nc2cc(Br)ccc2s1)NCCC1CCCNC1. The predicted octanol–water partition coefficient (Wildman–Crippen LogP) is 3.50. The molecule has 1 aromatic heterocycles. The van der Waals surface area contributed by atoms with Crippen LogP contribution in [-0.4, -0.2) is 30.5 Å². The highest BCUT2D eigenvalue weighted by atomic mass is 79.9. The lowest BCUT2D eigenvalue weighted by Crippen LogP contribution is -2.33. The van der Waals surface area contributed by atoms with E-state index in [0.29, 0.717) is 18.8 Å². The maximum Gasteiger partial charge on any atom is 0.220 e. The molecule has 1 amide bonds. The number of halogens is 1. The van der Waals surface area contributed by atoms with Crippen molar-refractivity contribution in [3.63, 3.8) is 0 Å². The van der Waals surface area contributed by atoms with Gasteiger partial charge in [0.25, 0.3) is 0 Å². The standard InChI is InChI=1S/C17H22BrN3OS/c18-13-3-4-15-14(10-13)21-17(23-15)6-5-16(22)20-9-7-12-2-1-8-19-11-12/h3-4,10,12,19H,1-2,5-9,11H2,(H,20,22). The van der Waals surface area contributed by atoms with Gasteiger partial charge in [-0.25, -0.2) is 4.98 Å². The molecule has 1 aliphatic rings. The molecule has 3 rings (SSSR count). The van der Waals surface area contributed by atoms with Crippen LogP contribution in [0.5, 0.6) is 0 Å². The molecule has 2 aromatic rings. The smallest absolute Gasteiger partial charge is 0.220 e. The summed E-state index contributed by atoms with van der Waals surface area (Å²) in [6.07, 6.45) is 4.85. The highest BCUT2D eigenvalue weighted by Crippen LogP contribution is 2.25. The normalized spacial score (nSPS) is 18.2. The Hall–Kier alpha value is -0.980. The van der Waals surface area contributed by atoms with Gasteiger partial charge >= 0.3 is 0 Å². The summed E-state index contributed by atoms with van der Waals surface area (Å²) in [4.78, 5) is 16.6. The van der Waals surface area contributed by atoms with E-state index in [-0.39, 0.29) is 5.91 Å². The third-order valence-electron chi connectivity index (χ3n) is 4.23. The number of fused-ring (bicyclic) bond motifs is 1. The van der Waals surface area contributed by atoms with Crippen LogP contribution in [0, 0.1) is 5.92 Å². The molecule has 4 nitrogen and oxygen atoms in total. The van der Waals surface area contributed by atoms with E-state index in [9.17, 15) is 4.79 Å². The average Bonchev–Trinajstić information content (AvgIpc) is 2.96. The summed E-state index contributed by atoms with van der Waals surface area (Å²) in [7, 11) is 0. The summed E-state index contributed by atoms with van der Waals surface area (Å²) in [5.74, 6) is 0.848. The van der Waals surface area contributed by atoms with Crippen molar-refractivity contribution in [2.75, 3.05) is 19.6 Å². The monoisotopic (exact) mass is 395 g/mol. The van der Waals surface area contributed by atoms with E-state index < -0.39 is 0 Å². The van der Waals surface area contributed by atoms with E-state index >= 15 is 0 Å².